The number of benzene rings is 1. The average molecular weight is 263 g/mol. The van der Waals surface area contributed by atoms with Gasteiger partial charge in [-0.05, 0) is 24.1 Å². The lowest BCUT2D eigenvalue weighted by molar-refractivity contribution is 0.587. The fourth-order valence-electron chi connectivity index (χ4n) is 1.25. The fourth-order valence-corrected chi connectivity index (χ4v) is 2.88. The van der Waals surface area contributed by atoms with Gasteiger partial charge in [-0.3, -0.25) is 4.72 Å². The standard InChI is InChI=1S/C10H15ClN2O2S/c1-7(2)6-16(14,15)13-8-3-4-10(12)9(11)5-8/h3-5,7,13H,6,12H2,1-2H3. The topological polar surface area (TPSA) is 72.2 Å². The quantitative estimate of drug-likeness (QED) is 0.818. The molecule has 0 saturated heterocycles. The number of hydrogen-bond donors (Lipinski definition) is 2. The summed E-state index contributed by atoms with van der Waals surface area (Å²) in [4.78, 5) is 0. The van der Waals surface area contributed by atoms with Crippen LogP contribution in [-0.2, 0) is 10.0 Å². The Morgan fingerprint density at radius 1 is 1.44 bits per heavy atom. The molecular weight excluding hydrogens is 248 g/mol. The molecule has 4 nitrogen and oxygen atoms in total. The summed E-state index contributed by atoms with van der Waals surface area (Å²) in [6.45, 7) is 3.68. The summed E-state index contributed by atoms with van der Waals surface area (Å²) in [7, 11) is -3.31. The lowest BCUT2D eigenvalue weighted by atomic mass is 10.3. The van der Waals surface area contributed by atoms with Crippen LogP contribution >= 0.6 is 11.6 Å². The van der Waals surface area contributed by atoms with Crippen LogP contribution in [0.5, 0.6) is 0 Å². The summed E-state index contributed by atoms with van der Waals surface area (Å²) < 4.78 is 25.7. The minimum atomic E-state index is -3.31. The zero-order valence-electron chi connectivity index (χ0n) is 9.20. The second-order valence-electron chi connectivity index (χ2n) is 4.01. The molecule has 0 fully saturated rings. The summed E-state index contributed by atoms with van der Waals surface area (Å²) in [5, 5.41) is 0.338. The van der Waals surface area contributed by atoms with Crippen LogP contribution in [-0.4, -0.2) is 14.2 Å². The molecular formula is C10H15ClN2O2S. The Labute approximate surface area is 101 Å². The first kappa shape index (κ1) is 13.1. The van der Waals surface area contributed by atoms with Crippen molar-refractivity contribution < 1.29 is 8.42 Å². The van der Waals surface area contributed by atoms with Gasteiger partial charge in [0.15, 0.2) is 0 Å². The summed E-state index contributed by atoms with van der Waals surface area (Å²) in [5.41, 5.74) is 6.38. The lowest BCUT2D eigenvalue weighted by Crippen LogP contribution is -2.20. The predicted molar refractivity (Wildman–Crippen MR) is 68.1 cm³/mol. The molecule has 16 heavy (non-hydrogen) atoms. The lowest BCUT2D eigenvalue weighted by Gasteiger charge is -2.10. The van der Waals surface area contributed by atoms with E-state index in [4.69, 9.17) is 17.3 Å². The summed E-state index contributed by atoms with van der Waals surface area (Å²) in [5.74, 6) is 0.149. The van der Waals surface area contributed by atoms with Gasteiger partial charge in [0.2, 0.25) is 10.0 Å². The number of nitrogens with one attached hydrogen (secondary N) is 1. The molecule has 0 spiro atoms. The van der Waals surface area contributed by atoms with Crippen LogP contribution in [0.3, 0.4) is 0 Å². The zero-order valence-corrected chi connectivity index (χ0v) is 10.8. The molecule has 0 aliphatic heterocycles. The van der Waals surface area contributed by atoms with Crippen molar-refractivity contribution >= 4 is 33.0 Å². The molecule has 1 aromatic rings. The highest BCUT2D eigenvalue weighted by Crippen LogP contribution is 2.23. The van der Waals surface area contributed by atoms with Gasteiger partial charge in [0, 0.05) is 0 Å². The highest BCUT2D eigenvalue weighted by Gasteiger charge is 2.13. The number of nitrogen functional groups attached to an aromatic ring is 1. The second kappa shape index (κ2) is 4.93. The van der Waals surface area contributed by atoms with E-state index in [1.165, 1.54) is 6.07 Å². The van der Waals surface area contributed by atoms with Gasteiger partial charge in [0.05, 0.1) is 22.2 Å². The molecule has 0 heterocycles. The molecule has 6 heteroatoms. The van der Waals surface area contributed by atoms with E-state index in [0.717, 1.165) is 0 Å². The van der Waals surface area contributed by atoms with Gasteiger partial charge in [0.1, 0.15) is 0 Å². The maximum absolute atomic E-state index is 11.6. The first-order valence-corrected chi connectivity index (χ1v) is 6.89. The van der Waals surface area contributed by atoms with Gasteiger partial charge < -0.3 is 5.73 Å². The van der Waals surface area contributed by atoms with Gasteiger partial charge in [-0.15, -0.1) is 0 Å². The summed E-state index contributed by atoms with van der Waals surface area (Å²) >= 11 is 5.79. The van der Waals surface area contributed by atoms with Crippen molar-refractivity contribution in [2.75, 3.05) is 16.2 Å². The molecule has 0 bridgehead atoms. The number of nitrogens with two attached hydrogens (primary N) is 1. The van der Waals surface area contributed by atoms with E-state index in [1.807, 2.05) is 13.8 Å². The van der Waals surface area contributed by atoms with Crippen molar-refractivity contribution in [2.45, 2.75) is 13.8 Å². The van der Waals surface area contributed by atoms with Crippen LogP contribution in [0.1, 0.15) is 13.8 Å². The Kier molecular flexibility index (Phi) is 4.04. The highest BCUT2D eigenvalue weighted by atomic mass is 35.5. The Balaban J connectivity index is 2.84. The van der Waals surface area contributed by atoms with Crippen molar-refractivity contribution in [2.24, 2.45) is 5.92 Å². The van der Waals surface area contributed by atoms with E-state index in [0.29, 0.717) is 16.4 Å². The van der Waals surface area contributed by atoms with E-state index in [1.54, 1.807) is 12.1 Å². The molecule has 0 unspecified atom stereocenters. The van der Waals surface area contributed by atoms with E-state index in [2.05, 4.69) is 4.72 Å². The van der Waals surface area contributed by atoms with Crippen molar-refractivity contribution in [3.63, 3.8) is 0 Å². The smallest absolute Gasteiger partial charge is 0.232 e. The van der Waals surface area contributed by atoms with Gasteiger partial charge in [0.25, 0.3) is 0 Å². The number of rotatable bonds is 4. The molecule has 1 aromatic carbocycles. The Hall–Kier alpha value is -0.940. The van der Waals surface area contributed by atoms with Crippen LogP contribution in [0, 0.1) is 5.92 Å². The highest BCUT2D eigenvalue weighted by molar-refractivity contribution is 7.92. The van der Waals surface area contributed by atoms with Crippen LogP contribution in [0.15, 0.2) is 18.2 Å². The molecule has 0 radical (unpaired) electrons. The van der Waals surface area contributed by atoms with Crippen LogP contribution in [0.4, 0.5) is 11.4 Å². The van der Waals surface area contributed by atoms with Gasteiger partial charge in [-0.1, -0.05) is 25.4 Å². The van der Waals surface area contributed by atoms with E-state index in [-0.39, 0.29) is 11.7 Å². The van der Waals surface area contributed by atoms with E-state index < -0.39 is 10.0 Å². The van der Waals surface area contributed by atoms with Crippen molar-refractivity contribution in [1.82, 2.24) is 0 Å². The van der Waals surface area contributed by atoms with Crippen molar-refractivity contribution in [3.8, 4) is 0 Å². The number of hydrogen-bond acceptors (Lipinski definition) is 3. The zero-order chi connectivity index (χ0) is 12.3. The molecule has 0 aromatic heterocycles. The Morgan fingerprint density at radius 3 is 2.56 bits per heavy atom. The van der Waals surface area contributed by atoms with E-state index >= 15 is 0 Å². The Morgan fingerprint density at radius 2 is 2.06 bits per heavy atom. The monoisotopic (exact) mass is 262 g/mol. The summed E-state index contributed by atoms with van der Waals surface area (Å²) in [6, 6.07) is 4.64. The van der Waals surface area contributed by atoms with Crippen LogP contribution in [0.25, 0.3) is 0 Å². The minimum Gasteiger partial charge on any atom is -0.398 e. The third-order valence-corrected chi connectivity index (χ3v) is 3.81. The van der Waals surface area contributed by atoms with Crippen LogP contribution in [0.2, 0.25) is 5.02 Å². The summed E-state index contributed by atoms with van der Waals surface area (Å²) in [6.07, 6.45) is 0. The molecule has 0 amide bonds. The number of anilines is 2. The molecule has 0 saturated carbocycles. The van der Waals surface area contributed by atoms with E-state index in [9.17, 15) is 8.42 Å². The maximum Gasteiger partial charge on any atom is 0.232 e. The van der Waals surface area contributed by atoms with Gasteiger partial charge in [-0.25, -0.2) is 8.42 Å². The minimum absolute atomic E-state index is 0.0711. The molecule has 3 N–H and O–H groups in total. The molecule has 1 rings (SSSR count). The molecule has 90 valence electrons. The SMILES string of the molecule is CC(C)CS(=O)(=O)Nc1ccc(N)c(Cl)c1. The first-order valence-electron chi connectivity index (χ1n) is 4.85. The third-order valence-electron chi connectivity index (χ3n) is 1.83. The van der Waals surface area contributed by atoms with Crippen molar-refractivity contribution in [3.05, 3.63) is 23.2 Å². The van der Waals surface area contributed by atoms with Crippen LogP contribution < -0.4 is 10.5 Å². The average Bonchev–Trinajstić information content (AvgIpc) is 2.08. The Bertz CT molecular complexity index is 472. The fraction of sp³-hybridized carbons (Fsp3) is 0.400. The van der Waals surface area contributed by atoms with Crippen molar-refractivity contribution in [1.29, 1.82) is 0 Å². The third kappa shape index (κ3) is 3.90. The first-order chi connectivity index (χ1) is 7.30. The largest absolute Gasteiger partial charge is 0.398 e. The molecule has 0 atom stereocenters. The predicted octanol–water partition coefficient (Wildman–Crippen LogP) is 2.32. The second-order valence-corrected chi connectivity index (χ2v) is 6.19. The maximum atomic E-state index is 11.6. The molecule has 0 aliphatic rings. The van der Waals surface area contributed by atoms with Gasteiger partial charge >= 0.3 is 0 Å². The molecule has 0 aliphatic carbocycles. The normalized spacial score (nSPS) is 11.8. The number of sulfonamides is 1. The van der Waals surface area contributed by atoms with Gasteiger partial charge in [-0.2, -0.15) is 0 Å². The number of halogens is 1.